The van der Waals surface area contributed by atoms with E-state index in [1.54, 1.807) is 24.5 Å². The van der Waals surface area contributed by atoms with Crippen molar-refractivity contribution < 1.29 is 4.79 Å². The molecule has 0 bridgehead atoms. The van der Waals surface area contributed by atoms with Gasteiger partial charge in [-0.05, 0) is 37.3 Å². The fourth-order valence-electron chi connectivity index (χ4n) is 2.11. The fraction of sp³-hybridized carbons (Fsp3) is 0.0588. The molecule has 3 aromatic rings. The average molecular weight is 325 g/mol. The molecule has 0 unspecified atom stereocenters. The van der Waals surface area contributed by atoms with Gasteiger partial charge in [-0.15, -0.1) is 0 Å². The van der Waals surface area contributed by atoms with Crippen molar-refractivity contribution in [1.82, 2.24) is 15.4 Å². The second kappa shape index (κ2) is 6.54. The van der Waals surface area contributed by atoms with Crippen molar-refractivity contribution in [3.63, 3.8) is 0 Å². The molecule has 5 nitrogen and oxygen atoms in total. The second-order valence-corrected chi connectivity index (χ2v) is 5.36. The number of aryl methyl sites for hydroxylation is 1. The number of pyridine rings is 2. The van der Waals surface area contributed by atoms with Crippen molar-refractivity contribution >= 4 is 34.6 Å². The van der Waals surface area contributed by atoms with Gasteiger partial charge in [0, 0.05) is 28.9 Å². The number of amides is 1. The lowest BCUT2D eigenvalue weighted by atomic mass is 10.1. The third-order valence-corrected chi connectivity index (χ3v) is 3.57. The van der Waals surface area contributed by atoms with Crippen LogP contribution in [0.2, 0.25) is 5.15 Å². The Morgan fingerprint density at radius 2 is 2.00 bits per heavy atom. The molecule has 114 valence electrons. The quantitative estimate of drug-likeness (QED) is 0.456. The van der Waals surface area contributed by atoms with Crippen LogP contribution in [0.3, 0.4) is 0 Å². The number of carbonyl (C=O) groups excluding carboxylic acids is 1. The number of nitrogens with zero attached hydrogens (tertiary/aromatic N) is 3. The highest BCUT2D eigenvalue weighted by Crippen LogP contribution is 2.20. The number of benzene rings is 1. The zero-order valence-electron chi connectivity index (χ0n) is 12.3. The Morgan fingerprint density at radius 1 is 1.22 bits per heavy atom. The summed E-state index contributed by atoms with van der Waals surface area (Å²) in [5.41, 5.74) is 5.52. The van der Waals surface area contributed by atoms with Gasteiger partial charge in [-0.25, -0.2) is 10.4 Å². The van der Waals surface area contributed by atoms with Gasteiger partial charge in [0.05, 0.1) is 11.7 Å². The average Bonchev–Trinajstić information content (AvgIpc) is 2.56. The molecule has 2 heterocycles. The molecule has 2 aromatic heterocycles. The van der Waals surface area contributed by atoms with Gasteiger partial charge in [-0.3, -0.25) is 9.78 Å². The molecule has 0 aliphatic rings. The number of aromatic nitrogens is 2. The van der Waals surface area contributed by atoms with Crippen LogP contribution >= 0.6 is 11.6 Å². The maximum atomic E-state index is 11.9. The van der Waals surface area contributed by atoms with E-state index in [2.05, 4.69) is 20.5 Å². The Kier molecular flexibility index (Phi) is 4.30. The Morgan fingerprint density at radius 3 is 2.78 bits per heavy atom. The van der Waals surface area contributed by atoms with Crippen molar-refractivity contribution in [3.05, 3.63) is 70.6 Å². The van der Waals surface area contributed by atoms with Gasteiger partial charge in [0.2, 0.25) is 0 Å². The monoisotopic (exact) mass is 324 g/mol. The molecule has 0 fully saturated rings. The summed E-state index contributed by atoms with van der Waals surface area (Å²) >= 11 is 6.15. The second-order valence-electron chi connectivity index (χ2n) is 5.00. The van der Waals surface area contributed by atoms with Crippen LogP contribution in [-0.2, 0) is 0 Å². The lowest BCUT2D eigenvalue weighted by molar-refractivity contribution is 0.0955. The van der Waals surface area contributed by atoms with Crippen LogP contribution in [0.15, 0.2) is 53.9 Å². The molecule has 1 aromatic carbocycles. The number of nitrogens with one attached hydrogen (secondary N) is 1. The standard InChI is InChI=1S/C17H13ClN4O/c1-11-2-3-15-13(8-11)9-14(16(18)21-15)10-20-22-17(23)12-4-6-19-7-5-12/h2-10H,1H3,(H,22,23)/b20-10+. The lowest BCUT2D eigenvalue weighted by Gasteiger charge is -2.03. The Hall–Kier alpha value is -2.79. The number of hydrogen-bond acceptors (Lipinski definition) is 4. The van der Waals surface area contributed by atoms with Crippen molar-refractivity contribution in [2.45, 2.75) is 6.92 Å². The van der Waals surface area contributed by atoms with E-state index in [9.17, 15) is 4.79 Å². The van der Waals surface area contributed by atoms with E-state index in [1.807, 2.05) is 31.2 Å². The maximum absolute atomic E-state index is 11.9. The number of hydrogen-bond donors (Lipinski definition) is 1. The van der Waals surface area contributed by atoms with Gasteiger partial charge in [0.15, 0.2) is 0 Å². The summed E-state index contributed by atoms with van der Waals surface area (Å²) in [4.78, 5) is 20.1. The number of rotatable bonds is 3. The first kappa shape index (κ1) is 15.1. The van der Waals surface area contributed by atoms with Gasteiger partial charge in [-0.2, -0.15) is 5.10 Å². The van der Waals surface area contributed by atoms with E-state index < -0.39 is 0 Å². The van der Waals surface area contributed by atoms with Crippen molar-refractivity contribution in [2.75, 3.05) is 0 Å². The topological polar surface area (TPSA) is 67.2 Å². The fourth-order valence-corrected chi connectivity index (χ4v) is 2.30. The van der Waals surface area contributed by atoms with Gasteiger partial charge in [-0.1, -0.05) is 23.2 Å². The Labute approximate surface area is 138 Å². The third kappa shape index (κ3) is 3.52. The Balaban J connectivity index is 1.80. The molecule has 1 amide bonds. The SMILES string of the molecule is Cc1ccc2nc(Cl)c(/C=N/NC(=O)c3ccncc3)cc2c1. The highest BCUT2D eigenvalue weighted by molar-refractivity contribution is 6.32. The number of hydrazone groups is 1. The molecule has 1 N–H and O–H groups in total. The first-order valence-corrected chi connectivity index (χ1v) is 7.31. The van der Waals surface area contributed by atoms with E-state index in [4.69, 9.17) is 11.6 Å². The van der Waals surface area contributed by atoms with Gasteiger partial charge < -0.3 is 0 Å². The molecule has 23 heavy (non-hydrogen) atoms. The zero-order chi connectivity index (χ0) is 16.2. The smallest absolute Gasteiger partial charge is 0.267 e. The van der Waals surface area contributed by atoms with Gasteiger partial charge in [0.1, 0.15) is 5.15 Å². The molecular formula is C17H13ClN4O. The van der Waals surface area contributed by atoms with Crippen molar-refractivity contribution in [3.8, 4) is 0 Å². The van der Waals surface area contributed by atoms with Crippen LogP contribution in [0.25, 0.3) is 10.9 Å². The first-order valence-electron chi connectivity index (χ1n) is 6.94. The molecule has 0 radical (unpaired) electrons. The summed E-state index contributed by atoms with van der Waals surface area (Å²) in [5, 5.41) is 5.24. The normalized spacial score (nSPS) is 11.0. The molecule has 0 saturated heterocycles. The summed E-state index contributed by atoms with van der Waals surface area (Å²) in [5.74, 6) is -0.315. The van der Waals surface area contributed by atoms with Crippen LogP contribution in [-0.4, -0.2) is 22.1 Å². The number of carbonyl (C=O) groups is 1. The van der Waals surface area contributed by atoms with Crippen LogP contribution in [0, 0.1) is 6.92 Å². The summed E-state index contributed by atoms with van der Waals surface area (Å²) in [7, 11) is 0. The van der Waals surface area contributed by atoms with Crippen LogP contribution in [0.4, 0.5) is 0 Å². The van der Waals surface area contributed by atoms with E-state index in [-0.39, 0.29) is 5.91 Å². The minimum absolute atomic E-state index is 0.315. The zero-order valence-corrected chi connectivity index (χ0v) is 13.1. The van der Waals surface area contributed by atoms with E-state index in [0.717, 1.165) is 16.5 Å². The highest BCUT2D eigenvalue weighted by Gasteiger charge is 2.05. The largest absolute Gasteiger partial charge is 0.271 e. The van der Waals surface area contributed by atoms with Crippen LogP contribution in [0.5, 0.6) is 0 Å². The first-order chi connectivity index (χ1) is 11.1. The molecule has 6 heteroatoms. The van der Waals surface area contributed by atoms with E-state index in [0.29, 0.717) is 16.3 Å². The van der Waals surface area contributed by atoms with E-state index >= 15 is 0 Å². The summed E-state index contributed by atoms with van der Waals surface area (Å²) in [6, 6.07) is 11.0. The molecule has 0 atom stereocenters. The predicted octanol–water partition coefficient (Wildman–Crippen LogP) is 3.36. The summed E-state index contributed by atoms with van der Waals surface area (Å²) in [6.45, 7) is 2.01. The van der Waals surface area contributed by atoms with E-state index in [1.165, 1.54) is 6.21 Å². The number of fused-ring (bicyclic) bond motifs is 1. The molecule has 3 rings (SSSR count). The molecule has 0 spiro atoms. The predicted molar refractivity (Wildman–Crippen MR) is 90.8 cm³/mol. The van der Waals surface area contributed by atoms with Crippen molar-refractivity contribution in [1.29, 1.82) is 0 Å². The maximum Gasteiger partial charge on any atom is 0.271 e. The minimum Gasteiger partial charge on any atom is -0.267 e. The third-order valence-electron chi connectivity index (χ3n) is 3.26. The molecule has 0 saturated carbocycles. The summed E-state index contributed by atoms with van der Waals surface area (Å²) in [6.07, 6.45) is 4.58. The molecule has 0 aliphatic heterocycles. The highest BCUT2D eigenvalue weighted by atomic mass is 35.5. The van der Waals surface area contributed by atoms with Crippen LogP contribution in [0.1, 0.15) is 21.5 Å². The molecule has 0 aliphatic carbocycles. The van der Waals surface area contributed by atoms with Crippen LogP contribution < -0.4 is 5.43 Å². The minimum atomic E-state index is -0.315. The lowest BCUT2D eigenvalue weighted by Crippen LogP contribution is -2.17. The summed E-state index contributed by atoms with van der Waals surface area (Å²) < 4.78 is 0. The van der Waals surface area contributed by atoms with Gasteiger partial charge in [0.25, 0.3) is 5.91 Å². The Bertz CT molecular complexity index is 894. The number of halogens is 1. The molecular weight excluding hydrogens is 312 g/mol. The van der Waals surface area contributed by atoms with Crippen molar-refractivity contribution in [2.24, 2.45) is 5.10 Å². The van der Waals surface area contributed by atoms with Gasteiger partial charge >= 0.3 is 0 Å².